The molecule has 0 atom stereocenters. The monoisotopic (exact) mass is 699 g/mol. The molecule has 0 bridgehead atoms. The number of aldehydes is 1. The lowest BCUT2D eigenvalue weighted by atomic mass is 9.82. The van der Waals surface area contributed by atoms with E-state index in [1.165, 1.54) is 44.5 Å². The first-order valence-electron chi connectivity index (χ1n) is 18.6. The van der Waals surface area contributed by atoms with Gasteiger partial charge < -0.3 is 4.90 Å². The molecule has 0 heterocycles. The smallest absolute Gasteiger partial charge is 0.150 e. The molecule has 54 heavy (non-hydrogen) atoms. The van der Waals surface area contributed by atoms with E-state index in [4.69, 9.17) is 5.10 Å². The first kappa shape index (κ1) is 33.3. The van der Waals surface area contributed by atoms with Crippen molar-refractivity contribution in [2.24, 2.45) is 5.10 Å². The Morgan fingerprint density at radius 1 is 0.426 bits per heavy atom. The summed E-state index contributed by atoms with van der Waals surface area (Å²) in [6, 6.07) is 57.7. The lowest BCUT2D eigenvalue weighted by Gasteiger charge is -2.29. The van der Waals surface area contributed by atoms with Crippen LogP contribution in [0.2, 0.25) is 0 Å². The Kier molecular flexibility index (Phi) is 7.93. The van der Waals surface area contributed by atoms with Crippen molar-refractivity contribution in [1.29, 1.82) is 0 Å². The van der Waals surface area contributed by atoms with Crippen LogP contribution in [-0.2, 0) is 10.8 Å². The van der Waals surface area contributed by atoms with Gasteiger partial charge in [-0.05, 0) is 123 Å². The number of carbonyl (C=O) groups excluding carboxylic acids is 1. The number of carbonyl (C=O) groups is 1. The van der Waals surface area contributed by atoms with Crippen molar-refractivity contribution in [3.05, 3.63) is 197 Å². The third-order valence-electron chi connectivity index (χ3n) is 11.4. The number of para-hydroxylation sites is 1. The molecule has 0 spiro atoms. The van der Waals surface area contributed by atoms with Crippen molar-refractivity contribution >= 4 is 40.9 Å². The Labute approximate surface area is 317 Å². The van der Waals surface area contributed by atoms with Crippen LogP contribution in [0.4, 0.5) is 28.4 Å². The fourth-order valence-electron chi connectivity index (χ4n) is 8.49. The minimum Gasteiger partial charge on any atom is -0.310 e. The molecule has 2 aliphatic rings. The average molecular weight is 700 g/mol. The zero-order chi connectivity index (χ0) is 37.0. The van der Waals surface area contributed by atoms with E-state index in [1.54, 1.807) is 0 Å². The molecule has 9 rings (SSSR count). The molecule has 0 unspecified atom stereocenters. The molecular weight excluding hydrogens is 659 g/mol. The third-order valence-corrected chi connectivity index (χ3v) is 11.4. The van der Waals surface area contributed by atoms with Crippen molar-refractivity contribution in [2.45, 2.75) is 38.5 Å². The summed E-state index contributed by atoms with van der Waals surface area (Å²) in [5, 5.41) is 6.83. The fraction of sp³-hybridized carbons (Fsp3) is 0.120. The zero-order valence-corrected chi connectivity index (χ0v) is 31.0. The number of fused-ring (bicyclic) bond motifs is 6. The maximum Gasteiger partial charge on any atom is 0.150 e. The fourth-order valence-corrected chi connectivity index (χ4v) is 8.49. The van der Waals surface area contributed by atoms with E-state index in [9.17, 15) is 4.79 Å². The van der Waals surface area contributed by atoms with Crippen LogP contribution >= 0.6 is 0 Å². The number of hydrogen-bond donors (Lipinski definition) is 0. The zero-order valence-electron chi connectivity index (χ0n) is 31.0. The number of hydrogen-bond acceptors (Lipinski definition) is 4. The number of benzene rings is 7. The lowest BCUT2D eigenvalue weighted by Crippen LogP contribution is -2.18. The van der Waals surface area contributed by atoms with Gasteiger partial charge in [0, 0.05) is 33.5 Å². The summed E-state index contributed by atoms with van der Waals surface area (Å²) in [4.78, 5) is 13.7. The Hall–Kier alpha value is -6.52. The number of hydrazone groups is 1. The molecule has 0 aliphatic heterocycles. The van der Waals surface area contributed by atoms with Gasteiger partial charge in [-0.2, -0.15) is 5.10 Å². The Balaban J connectivity index is 1.12. The van der Waals surface area contributed by atoms with E-state index in [0.717, 1.165) is 40.3 Å². The van der Waals surface area contributed by atoms with Crippen molar-refractivity contribution in [1.82, 2.24) is 0 Å². The van der Waals surface area contributed by atoms with Crippen LogP contribution < -0.4 is 9.91 Å². The van der Waals surface area contributed by atoms with Crippen LogP contribution in [0, 0.1) is 0 Å². The predicted molar refractivity (Wildman–Crippen MR) is 224 cm³/mol. The molecule has 0 aromatic heterocycles. The second-order valence-electron chi connectivity index (χ2n) is 15.3. The van der Waals surface area contributed by atoms with Gasteiger partial charge in [0.05, 0.1) is 17.6 Å². The first-order chi connectivity index (χ1) is 26.2. The van der Waals surface area contributed by atoms with Gasteiger partial charge in [-0.25, -0.2) is 5.01 Å². The second-order valence-corrected chi connectivity index (χ2v) is 15.3. The summed E-state index contributed by atoms with van der Waals surface area (Å²) in [6.45, 7) is 9.35. The third kappa shape index (κ3) is 5.45. The van der Waals surface area contributed by atoms with Crippen molar-refractivity contribution < 1.29 is 4.79 Å². The normalized spacial score (nSPS) is 14.2. The Morgan fingerprint density at radius 3 is 1.39 bits per heavy atom. The predicted octanol–water partition coefficient (Wildman–Crippen LogP) is 12.8. The van der Waals surface area contributed by atoms with Crippen LogP contribution in [0.25, 0.3) is 22.3 Å². The molecule has 0 amide bonds. The van der Waals surface area contributed by atoms with E-state index in [2.05, 4.69) is 142 Å². The van der Waals surface area contributed by atoms with E-state index in [0.29, 0.717) is 5.56 Å². The van der Waals surface area contributed by atoms with Gasteiger partial charge in [0.2, 0.25) is 0 Å². The summed E-state index contributed by atoms with van der Waals surface area (Å²) >= 11 is 0. The maximum atomic E-state index is 11.3. The maximum absolute atomic E-state index is 11.3. The number of rotatable bonds is 8. The van der Waals surface area contributed by atoms with Crippen LogP contribution in [0.3, 0.4) is 0 Å². The van der Waals surface area contributed by atoms with Crippen LogP contribution in [0.5, 0.6) is 0 Å². The molecule has 4 nitrogen and oxygen atoms in total. The minimum atomic E-state index is -0.117. The van der Waals surface area contributed by atoms with Crippen molar-refractivity contribution in [3.63, 3.8) is 0 Å². The highest BCUT2D eigenvalue weighted by Crippen LogP contribution is 2.53. The highest BCUT2D eigenvalue weighted by Gasteiger charge is 2.37. The van der Waals surface area contributed by atoms with E-state index in [-0.39, 0.29) is 10.8 Å². The molecule has 262 valence electrons. The minimum absolute atomic E-state index is 0.117. The largest absolute Gasteiger partial charge is 0.310 e. The highest BCUT2D eigenvalue weighted by atomic mass is 16.1. The summed E-state index contributed by atoms with van der Waals surface area (Å²) in [5.74, 6) is 0. The van der Waals surface area contributed by atoms with Gasteiger partial charge in [-0.1, -0.05) is 119 Å². The number of nitrogens with zero attached hydrogens (tertiary/aromatic N) is 3. The van der Waals surface area contributed by atoms with Gasteiger partial charge in [-0.15, -0.1) is 0 Å². The van der Waals surface area contributed by atoms with Gasteiger partial charge in [0.1, 0.15) is 6.29 Å². The summed E-state index contributed by atoms with van der Waals surface area (Å²) < 4.78 is 0. The van der Waals surface area contributed by atoms with Gasteiger partial charge in [0.25, 0.3) is 0 Å². The van der Waals surface area contributed by atoms with Crippen molar-refractivity contribution in [2.75, 3.05) is 9.91 Å². The molecule has 2 aliphatic carbocycles. The highest BCUT2D eigenvalue weighted by molar-refractivity contribution is 5.89. The SMILES string of the molecule is CC1(C)c2ccccc2-c2ccc(N(c3ccc(/C=N/N(c4ccccc4)c4ccc(C=O)cc4)cc3)c3ccc4c(c3)C(C)(C)c3ccccc3-4)cc21. The van der Waals surface area contributed by atoms with Crippen LogP contribution in [-0.4, -0.2) is 12.5 Å². The van der Waals surface area contributed by atoms with E-state index >= 15 is 0 Å². The van der Waals surface area contributed by atoms with Gasteiger partial charge in [0.15, 0.2) is 0 Å². The summed E-state index contributed by atoms with van der Waals surface area (Å²) in [5.41, 5.74) is 17.1. The second kappa shape index (κ2) is 12.9. The molecule has 4 heteroatoms. The molecule has 0 saturated heterocycles. The first-order valence-corrected chi connectivity index (χ1v) is 18.6. The molecule has 0 radical (unpaired) electrons. The van der Waals surface area contributed by atoms with Crippen LogP contribution in [0.1, 0.15) is 65.9 Å². The molecule has 0 saturated carbocycles. The van der Waals surface area contributed by atoms with E-state index < -0.39 is 0 Å². The standard InChI is InChI=1S/C50H41N3O/c1-49(2)45-16-10-8-14-41(45)43-28-26-39(30-47(43)49)52(40-27-29-44-42-15-9-11-17-46(42)50(3,4)48(44)31-40)36-22-18-34(19-23-36)32-51-53(37-12-6-5-7-13-37)38-24-20-35(33-54)21-25-38/h5-33H,1-4H3/b51-32+. The Morgan fingerprint density at radius 2 is 0.852 bits per heavy atom. The average Bonchev–Trinajstić information content (AvgIpc) is 3.58. The molecular formula is C50H41N3O. The van der Waals surface area contributed by atoms with Gasteiger partial charge >= 0.3 is 0 Å². The van der Waals surface area contributed by atoms with Crippen LogP contribution in [0.15, 0.2) is 169 Å². The molecule has 0 fully saturated rings. The quantitative estimate of drug-likeness (QED) is 0.0900. The molecule has 7 aromatic rings. The van der Waals surface area contributed by atoms with Gasteiger partial charge in [-0.3, -0.25) is 4.79 Å². The van der Waals surface area contributed by atoms with E-state index in [1.807, 2.05) is 65.8 Å². The molecule has 7 aromatic carbocycles. The topological polar surface area (TPSA) is 35.9 Å². The lowest BCUT2D eigenvalue weighted by molar-refractivity contribution is 0.112. The Bertz CT molecular complexity index is 2460. The van der Waals surface area contributed by atoms with Crippen molar-refractivity contribution in [3.8, 4) is 22.3 Å². The summed E-state index contributed by atoms with van der Waals surface area (Å²) in [7, 11) is 0. The molecule has 0 N–H and O–H groups in total. The summed E-state index contributed by atoms with van der Waals surface area (Å²) in [6.07, 6.45) is 2.75. The number of anilines is 5.